The van der Waals surface area contributed by atoms with Crippen LogP contribution in [-0.4, -0.2) is 40.4 Å². The molecule has 0 bridgehead atoms. The van der Waals surface area contributed by atoms with Crippen LogP contribution in [0.3, 0.4) is 0 Å². The van der Waals surface area contributed by atoms with Crippen molar-refractivity contribution < 1.29 is 0 Å². The quantitative estimate of drug-likeness (QED) is 0.622. The van der Waals surface area contributed by atoms with Gasteiger partial charge in [-0.05, 0) is 0 Å². The van der Waals surface area contributed by atoms with Gasteiger partial charge in [-0.1, -0.05) is 0 Å². The third-order valence-electron chi connectivity index (χ3n) is 1.71. The van der Waals surface area contributed by atoms with Gasteiger partial charge in [-0.15, -0.1) is 0 Å². The van der Waals surface area contributed by atoms with Crippen LogP contribution in [-0.2, 0) is 0 Å². The monoisotopic (exact) mass is 205 g/mol. The minimum atomic E-state index is 0.704. The van der Waals surface area contributed by atoms with E-state index in [-0.39, 0.29) is 0 Å². The molecule has 0 aromatic carbocycles. The molecule has 1 atom stereocenters. The molecule has 0 aromatic rings. The molecule has 0 rings (SSSR count). The first-order chi connectivity index (χ1) is 4.59. The number of hydrogen-bond acceptors (Lipinski definition) is 1. The molecule has 0 radical (unpaired) electrons. The van der Waals surface area contributed by atoms with Gasteiger partial charge in [0.25, 0.3) is 0 Å². The van der Waals surface area contributed by atoms with E-state index in [1.807, 2.05) is 16.9 Å². The van der Waals surface area contributed by atoms with Crippen LogP contribution < -0.4 is 0 Å². The summed E-state index contributed by atoms with van der Waals surface area (Å²) >= 11 is 1.83. The third-order valence-corrected chi connectivity index (χ3v) is 2.26. The molecular weight excluding hydrogens is 185 g/mol. The van der Waals surface area contributed by atoms with Crippen molar-refractivity contribution in [2.45, 2.75) is 45.0 Å². The van der Waals surface area contributed by atoms with Gasteiger partial charge in [-0.25, -0.2) is 0 Å². The Hall–Kier alpha value is 0.518. The predicted molar refractivity (Wildman–Crippen MR) is 50.3 cm³/mol. The maximum absolute atomic E-state index is 2.53. The predicted octanol–water partition coefficient (Wildman–Crippen LogP) is 1.16. The molecule has 10 heavy (non-hydrogen) atoms. The van der Waals surface area contributed by atoms with Crippen molar-refractivity contribution >= 4 is 16.9 Å². The van der Waals surface area contributed by atoms with Gasteiger partial charge < -0.3 is 0 Å². The molecular formula is C8H20AsN. The summed E-state index contributed by atoms with van der Waals surface area (Å²) in [7, 11) is 0. The Bertz CT molecular complexity index is 73.3. The Morgan fingerprint density at radius 3 is 1.60 bits per heavy atom. The Balaban J connectivity index is 3.73. The van der Waals surface area contributed by atoms with Gasteiger partial charge in [0.05, 0.1) is 0 Å². The average molecular weight is 205 g/mol. The van der Waals surface area contributed by atoms with Crippen LogP contribution in [0, 0.1) is 0 Å². The van der Waals surface area contributed by atoms with E-state index in [4.69, 9.17) is 0 Å². The van der Waals surface area contributed by atoms with E-state index in [1.165, 1.54) is 11.8 Å². The average Bonchev–Trinajstić information content (AvgIpc) is 1.81. The zero-order chi connectivity index (χ0) is 8.15. The summed E-state index contributed by atoms with van der Waals surface area (Å²) in [6.07, 6.45) is 0. The van der Waals surface area contributed by atoms with Gasteiger partial charge in [-0.2, -0.15) is 0 Å². The fourth-order valence-corrected chi connectivity index (χ4v) is 1.89. The fraction of sp³-hybridized carbons (Fsp3) is 1.00. The SMILES string of the molecule is CC(C)N(CC[AsH2])C(C)C. The zero-order valence-electron chi connectivity index (χ0n) is 7.59. The second-order valence-electron chi connectivity index (χ2n) is 3.21. The van der Waals surface area contributed by atoms with Gasteiger partial charge in [0, 0.05) is 0 Å². The molecule has 0 aliphatic carbocycles. The molecule has 1 nitrogen and oxygen atoms in total. The van der Waals surface area contributed by atoms with E-state index < -0.39 is 0 Å². The Morgan fingerprint density at radius 1 is 1.10 bits per heavy atom. The first-order valence-electron chi connectivity index (χ1n) is 4.05. The van der Waals surface area contributed by atoms with Crippen LogP contribution in [0.25, 0.3) is 0 Å². The number of rotatable bonds is 4. The Kier molecular flexibility index (Phi) is 5.48. The molecule has 62 valence electrons. The molecule has 0 fully saturated rings. The van der Waals surface area contributed by atoms with Crippen LogP contribution in [0.4, 0.5) is 0 Å². The summed E-state index contributed by atoms with van der Waals surface area (Å²) in [5, 5.41) is 1.32. The van der Waals surface area contributed by atoms with E-state index in [1.54, 1.807) is 0 Å². The van der Waals surface area contributed by atoms with Crippen molar-refractivity contribution in [1.29, 1.82) is 0 Å². The van der Waals surface area contributed by atoms with Gasteiger partial charge >= 0.3 is 73.3 Å². The molecule has 0 N–H and O–H groups in total. The first-order valence-corrected chi connectivity index (χ1v) is 5.76. The normalized spacial score (nSPS) is 12.0. The van der Waals surface area contributed by atoms with Crippen molar-refractivity contribution in [3.63, 3.8) is 0 Å². The second-order valence-corrected chi connectivity index (χ2v) is 4.43. The van der Waals surface area contributed by atoms with Gasteiger partial charge in [0.15, 0.2) is 0 Å². The molecule has 0 amide bonds. The fourth-order valence-electron chi connectivity index (χ4n) is 1.26. The van der Waals surface area contributed by atoms with E-state index in [2.05, 4.69) is 32.6 Å². The summed E-state index contributed by atoms with van der Waals surface area (Å²) in [5.74, 6) is 0. The molecule has 0 spiro atoms. The molecule has 0 saturated heterocycles. The molecule has 0 aliphatic rings. The molecule has 0 heterocycles. The van der Waals surface area contributed by atoms with Crippen molar-refractivity contribution in [3.8, 4) is 0 Å². The summed E-state index contributed by atoms with van der Waals surface area (Å²) in [5.41, 5.74) is 0. The number of nitrogens with zero attached hydrogens (tertiary/aromatic N) is 1. The van der Waals surface area contributed by atoms with E-state index >= 15 is 0 Å². The topological polar surface area (TPSA) is 3.24 Å². The van der Waals surface area contributed by atoms with Crippen molar-refractivity contribution in [3.05, 3.63) is 0 Å². The van der Waals surface area contributed by atoms with E-state index in [0.29, 0.717) is 12.1 Å². The van der Waals surface area contributed by atoms with E-state index in [0.717, 1.165) is 0 Å². The zero-order valence-corrected chi connectivity index (χ0v) is 10.0. The molecule has 0 aromatic heterocycles. The summed E-state index contributed by atoms with van der Waals surface area (Å²) in [6.45, 7) is 10.3. The molecule has 1 unspecified atom stereocenters. The standard InChI is InChI=1S/C8H20AsN/c1-7(2)10(6-5-9)8(3)4/h7-8H,5-6,9H2,1-4H3. The van der Waals surface area contributed by atoms with Crippen LogP contribution >= 0.6 is 0 Å². The van der Waals surface area contributed by atoms with Crippen LogP contribution in [0.15, 0.2) is 0 Å². The Labute approximate surface area is 73.7 Å². The summed E-state index contributed by atoms with van der Waals surface area (Å²) in [6, 6.07) is 1.41. The van der Waals surface area contributed by atoms with Gasteiger partial charge in [-0.3, -0.25) is 0 Å². The maximum atomic E-state index is 2.53. The van der Waals surface area contributed by atoms with Crippen molar-refractivity contribution in [1.82, 2.24) is 4.90 Å². The molecule has 0 saturated carbocycles. The van der Waals surface area contributed by atoms with Crippen molar-refractivity contribution in [2.75, 3.05) is 6.54 Å². The van der Waals surface area contributed by atoms with Crippen LogP contribution in [0.5, 0.6) is 0 Å². The van der Waals surface area contributed by atoms with Gasteiger partial charge in [0.1, 0.15) is 0 Å². The minimum absolute atomic E-state index is 0.704. The van der Waals surface area contributed by atoms with Crippen LogP contribution in [0.2, 0.25) is 5.21 Å². The Morgan fingerprint density at radius 2 is 1.50 bits per heavy atom. The molecule has 2 heteroatoms. The number of hydrogen-bond donors (Lipinski definition) is 0. The second kappa shape index (κ2) is 5.21. The van der Waals surface area contributed by atoms with Gasteiger partial charge in [0.2, 0.25) is 0 Å². The van der Waals surface area contributed by atoms with Crippen molar-refractivity contribution in [2.24, 2.45) is 0 Å². The van der Waals surface area contributed by atoms with E-state index in [9.17, 15) is 0 Å². The third kappa shape index (κ3) is 3.63. The summed E-state index contributed by atoms with van der Waals surface area (Å²) in [4.78, 5) is 2.53. The van der Waals surface area contributed by atoms with Crippen LogP contribution in [0.1, 0.15) is 27.7 Å². The molecule has 0 aliphatic heterocycles. The summed E-state index contributed by atoms with van der Waals surface area (Å²) < 4.78 is 0. The first kappa shape index (κ1) is 10.5.